The molecule has 0 amide bonds. The van der Waals surface area contributed by atoms with Crippen LogP contribution in [-0.2, 0) is 0 Å². The Morgan fingerprint density at radius 1 is 0.880 bits per heavy atom. The Bertz CT molecular complexity index is 712. The Hall–Kier alpha value is -1.82. The van der Waals surface area contributed by atoms with Crippen LogP contribution in [0.3, 0.4) is 0 Å². The van der Waals surface area contributed by atoms with Crippen molar-refractivity contribution in [3.8, 4) is 11.1 Å². The van der Waals surface area contributed by atoms with E-state index in [1.54, 1.807) is 0 Å². The third-order valence-electron chi connectivity index (χ3n) is 6.38. The molecule has 0 spiro atoms. The van der Waals surface area contributed by atoms with E-state index in [1.165, 1.54) is 71.9 Å². The maximum Gasteiger partial charge on any atom is -0.0152 e. The third-order valence-corrected chi connectivity index (χ3v) is 6.38. The molecule has 2 aromatic rings. The van der Waals surface area contributed by atoms with Crippen LogP contribution < -0.4 is 0 Å². The van der Waals surface area contributed by atoms with Crippen molar-refractivity contribution in [2.75, 3.05) is 0 Å². The van der Waals surface area contributed by atoms with Crippen molar-refractivity contribution in [2.45, 2.75) is 65.2 Å². The van der Waals surface area contributed by atoms with Crippen molar-refractivity contribution in [3.05, 3.63) is 71.3 Å². The van der Waals surface area contributed by atoms with Crippen molar-refractivity contribution < 1.29 is 0 Å². The molecule has 25 heavy (non-hydrogen) atoms. The predicted octanol–water partition coefficient (Wildman–Crippen LogP) is 7.52. The van der Waals surface area contributed by atoms with Gasteiger partial charge in [0.25, 0.3) is 0 Å². The molecule has 1 saturated carbocycles. The van der Waals surface area contributed by atoms with E-state index in [1.807, 2.05) is 0 Å². The second-order valence-electron chi connectivity index (χ2n) is 7.89. The number of allylic oxidation sites excluding steroid dienone is 1. The summed E-state index contributed by atoms with van der Waals surface area (Å²) in [5.74, 6) is 1.68. The molecule has 1 aliphatic rings. The van der Waals surface area contributed by atoms with Gasteiger partial charge >= 0.3 is 0 Å². The highest BCUT2D eigenvalue weighted by Gasteiger charge is 2.21. The van der Waals surface area contributed by atoms with Crippen molar-refractivity contribution in [1.82, 2.24) is 0 Å². The third kappa shape index (κ3) is 4.06. The Labute approximate surface area is 154 Å². The first-order chi connectivity index (χ1) is 12.1. The monoisotopic (exact) mass is 332 g/mol. The van der Waals surface area contributed by atoms with Gasteiger partial charge in [0.05, 0.1) is 0 Å². The predicted molar refractivity (Wildman–Crippen MR) is 110 cm³/mol. The molecule has 2 aromatic carbocycles. The highest BCUT2D eigenvalue weighted by molar-refractivity contribution is 5.69. The smallest absolute Gasteiger partial charge is 0.0152 e. The molecule has 0 nitrogen and oxygen atoms in total. The van der Waals surface area contributed by atoms with Crippen LogP contribution in [0.1, 0.15) is 66.7 Å². The Balaban J connectivity index is 1.69. The quantitative estimate of drug-likeness (QED) is 0.497. The van der Waals surface area contributed by atoms with Crippen molar-refractivity contribution in [3.63, 3.8) is 0 Å². The topological polar surface area (TPSA) is 0 Å². The molecule has 3 rings (SSSR count). The van der Waals surface area contributed by atoms with Crippen LogP contribution in [-0.4, -0.2) is 0 Å². The zero-order valence-corrected chi connectivity index (χ0v) is 16.1. The van der Waals surface area contributed by atoms with Crippen LogP contribution in [0.25, 0.3) is 11.1 Å². The summed E-state index contributed by atoms with van der Waals surface area (Å²) in [5.41, 5.74) is 8.47. The summed E-state index contributed by atoms with van der Waals surface area (Å²) in [7, 11) is 0. The van der Waals surface area contributed by atoms with Crippen molar-refractivity contribution in [2.24, 2.45) is 5.92 Å². The van der Waals surface area contributed by atoms with E-state index >= 15 is 0 Å². The molecule has 0 aromatic heterocycles. The van der Waals surface area contributed by atoms with Crippen LogP contribution in [0.4, 0.5) is 0 Å². The molecule has 1 aliphatic carbocycles. The first kappa shape index (κ1) is 18.0. The Morgan fingerprint density at radius 2 is 1.56 bits per heavy atom. The minimum absolute atomic E-state index is 0.759. The minimum Gasteiger partial charge on any atom is -0.103 e. The molecule has 0 radical (unpaired) electrons. The molecule has 0 aliphatic heterocycles. The molecule has 0 N–H and O–H groups in total. The van der Waals surface area contributed by atoms with Gasteiger partial charge < -0.3 is 0 Å². The average molecular weight is 333 g/mol. The van der Waals surface area contributed by atoms with Gasteiger partial charge in [-0.2, -0.15) is 0 Å². The molecule has 132 valence electrons. The Kier molecular flexibility index (Phi) is 5.78. The lowest BCUT2D eigenvalue weighted by Crippen LogP contribution is -2.13. The van der Waals surface area contributed by atoms with Gasteiger partial charge in [-0.3, -0.25) is 0 Å². The molecule has 0 bridgehead atoms. The molecular weight excluding hydrogens is 300 g/mol. The van der Waals surface area contributed by atoms with E-state index < -0.39 is 0 Å². The van der Waals surface area contributed by atoms with Crippen LogP contribution in [0.15, 0.2) is 49.1 Å². The minimum atomic E-state index is 0.759. The normalized spacial score (nSPS) is 20.4. The molecule has 1 fully saturated rings. The van der Waals surface area contributed by atoms with Crippen LogP contribution in [0.5, 0.6) is 0 Å². The van der Waals surface area contributed by atoms with Gasteiger partial charge in [0.2, 0.25) is 0 Å². The lowest BCUT2D eigenvalue weighted by atomic mass is 9.77. The fraction of sp³-hybridized carbons (Fsp3) is 0.440. The van der Waals surface area contributed by atoms with Gasteiger partial charge in [0, 0.05) is 0 Å². The molecule has 0 heteroatoms. The molecule has 0 saturated heterocycles. The van der Waals surface area contributed by atoms with Gasteiger partial charge in [-0.1, -0.05) is 42.5 Å². The van der Waals surface area contributed by atoms with E-state index in [0.29, 0.717) is 0 Å². The van der Waals surface area contributed by atoms with Crippen molar-refractivity contribution in [1.29, 1.82) is 0 Å². The summed E-state index contributed by atoms with van der Waals surface area (Å²) in [6.45, 7) is 10.5. The summed E-state index contributed by atoms with van der Waals surface area (Å²) < 4.78 is 0. The fourth-order valence-electron chi connectivity index (χ4n) is 4.34. The first-order valence-corrected chi connectivity index (χ1v) is 9.88. The molecule has 0 unspecified atom stereocenters. The fourth-order valence-corrected chi connectivity index (χ4v) is 4.34. The van der Waals surface area contributed by atoms with E-state index in [9.17, 15) is 0 Å². The zero-order valence-electron chi connectivity index (χ0n) is 16.1. The maximum absolute atomic E-state index is 3.86. The second kappa shape index (κ2) is 8.04. The SMILES string of the molecule is C=CCCC1CCC(c2ccc(-c3ccc(C)c(C)c3C)cc2)CC1. The number of benzene rings is 2. The summed E-state index contributed by atoms with van der Waals surface area (Å²) >= 11 is 0. The van der Waals surface area contributed by atoms with Crippen LogP contribution >= 0.6 is 0 Å². The maximum atomic E-state index is 3.86. The summed E-state index contributed by atoms with van der Waals surface area (Å²) in [4.78, 5) is 0. The number of aryl methyl sites for hydroxylation is 1. The van der Waals surface area contributed by atoms with E-state index in [2.05, 4.69) is 69.8 Å². The Morgan fingerprint density at radius 3 is 2.20 bits per heavy atom. The van der Waals surface area contributed by atoms with Gasteiger partial charge in [-0.15, -0.1) is 6.58 Å². The molecule has 0 heterocycles. The number of hydrogen-bond acceptors (Lipinski definition) is 0. The lowest BCUT2D eigenvalue weighted by Gasteiger charge is -2.28. The lowest BCUT2D eigenvalue weighted by molar-refractivity contribution is 0.312. The van der Waals surface area contributed by atoms with Gasteiger partial charge in [-0.25, -0.2) is 0 Å². The molecular formula is C25H32. The van der Waals surface area contributed by atoms with E-state index in [0.717, 1.165) is 11.8 Å². The summed E-state index contributed by atoms with van der Waals surface area (Å²) in [5, 5.41) is 0. The standard InChI is InChI=1S/C25H32/c1-5-6-7-21-9-11-22(12-10-21)23-13-15-24(16-14-23)25-17-8-18(2)19(3)20(25)4/h5,8,13-17,21-22H,1,6-7,9-12H2,2-4H3. The number of rotatable bonds is 5. The second-order valence-corrected chi connectivity index (χ2v) is 7.89. The van der Waals surface area contributed by atoms with Gasteiger partial charge in [0.15, 0.2) is 0 Å². The van der Waals surface area contributed by atoms with Crippen LogP contribution in [0, 0.1) is 26.7 Å². The van der Waals surface area contributed by atoms with Crippen LogP contribution in [0.2, 0.25) is 0 Å². The highest BCUT2D eigenvalue weighted by atomic mass is 14.3. The molecule has 0 atom stereocenters. The average Bonchev–Trinajstić information content (AvgIpc) is 2.65. The highest BCUT2D eigenvalue weighted by Crippen LogP contribution is 2.38. The zero-order chi connectivity index (χ0) is 17.8. The first-order valence-electron chi connectivity index (χ1n) is 9.88. The number of hydrogen-bond donors (Lipinski definition) is 0. The van der Waals surface area contributed by atoms with Crippen molar-refractivity contribution >= 4 is 0 Å². The van der Waals surface area contributed by atoms with Gasteiger partial charge in [0.1, 0.15) is 0 Å². The summed E-state index contributed by atoms with van der Waals surface area (Å²) in [6, 6.07) is 13.9. The van der Waals surface area contributed by atoms with E-state index in [4.69, 9.17) is 0 Å². The van der Waals surface area contributed by atoms with E-state index in [-0.39, 0.29) is 0 Å². The van der Waals surface area contributed by atoms with Gasteiger partial charge in [-0.05, 0) is 105 Å². The summed E-state index contributed by atoms with van der Waals surface area (Å²) in [6.07, 6.45) is 10.1. The largest absolute Gasteiger partial charge is 0.103 e.